The van der Waals surface area contributed by atoms with E-state index in [0.717, 1.165) is 37.9 Å². The van der Waals surface area contributed by atoms with Crippen molar-refractivity contribution < 1.29 is 9.53 Å². The maximum Gasteiger partial charge on any atom is 0.165 e. The molecule has 0 aromatic heterocycles. The molecule has 2 nitrogen and oxygen atoms in total. The molecule has 21 heavy (non-hydrogen) atoms. The normalized spacial score (nSPS) is 26.4. The molecule has 114 valence electrons. The van der Waals surface area contributed by atoms with E-state index < -0.39 is 0 Å². The molecule has 2 atom stereocenters. The third-order valence-electron chi connectivity index (χ3n) is 5.11. The van der Waals surface area contributed by atoms with Crippen LogP contribution in [-0.2, 0) is 4.74 Å². The molecule has 0 amide bonds. The lowest BCUT2D eigenvalue weighted by atomic mass is 9.74. The third-order valence-corrected chi connectivity index (χ3v) is 6.10. The van der Waals surface area contributed by atoms with Gasteiger partial charge in [0.25, 0.3) is 0 Å². The summed E-state index contributed by atoms with van der Waals surface area (Å²) in [5.41, 5.74) is 0.920. The van der Waals surface area contributed by atoms with Gasteiger partial charge in [-0.25, -0.2) is 0 Å². The number of carbonyl (C=O) groups is 1. The Bertz CT molecular complexity index is 474. The van der Waals surface area contributed by atoms with Crippen LogP contribution in [0.5, 0.6) is 0 Å². The van der Waals surface area contributed by atoms with E-state index in [1.165, 1.54) is 11.5 Å². The van der Waals surface area contributed by atoms with E-state index in [2.05, 4.69) is 6.92 Å². The molecule has 2 fully saturated rings. The fourth-order valence-electron chi connectivity index (χ4n) is 3.66. The minimum absolute atomic E-state index is 0.0688. The molecule has 2 heterocycles. The molecule has 2 aliphatic rings. The standard InChI is InChI=1S/C18H24O2S/c1-14(17(19)15-5-3-2-4-6-15)16-7-10-20-18(13-16)8-11-21-12-9-18/h2-6,14,16H,7-13H2,1H3. The second kappa shape index (κ2) is 6.53. The summed E-state index contributed by atoms with van der Waals surface area (Å²) >= 11 is 2.03. The number of ether oxygens (including phenoxy) is 1. The Labute approximate surface area is 131 Å². The smallest absolute Gasteiger partial charge is 0.165 e. The third kappa shape index (κ3) is 3.35. The number of hydrogen-bond donors (Lipinski definition) is 0. The van der Waals surface area contributed by atoms with Crippen LogP contribution in [0.3, 0.4) is 0 Å². The van der Waals surface area contributed by atoms with E-state index >= 15 is 0 Å². The van der Waals surface area contributed by atoms with E-state index in [-0.39, 0.29) is 11.5 Å². The molecule has 3 heteroatoms. The summed E-state index contributed by atoms with van der Waals surface area (Å²) < 4.78 is 6.15. The Morgan fingerprint density at radius 2 is 2.00 bits per heavy atom. The molecule has 3 rings (SSSR count). The molecule has 1 spiro atoms. The topological polar surface area (TPSA) is 26.3 Å². The molecule has 1 aromatic rings. The highest BCUT2D eigenvalue weighted by Crippen LogP contribution is 2.42. The summed E-state index contributed by atoms with van der Waals surface area (Å²) in [5.74, 6) is 3.27. The Kier molecular flexibility index (Phi) is 4.70. The predicted octanol–water partition coefficient (Wildman–Crippen LogP) is 4.20. The first-order chi connectivity index (χ1) is 10.2. The van der Waals surface area contributed by atoms with Gasteiger partial charge in [-0.05, 0) is 43.1 Å². The molecule has 0 radical (unpaired) electrons. The van der Waals surface area contributed by atoms with Crippen LogP contribution in [0.4, 0.5) is 0 Å². The van der Waals surface area contributed by atoms with Crippen molar-refractivity contribution in [1.29, 1.82) is 0 Å². The van der Waals surface area contributed by atoms with Crippen molar-refractivity contribution in [3.63, 3.8) is 0 Å². The Balaban J connectivity index is 1.69. The minimum Gasteiger partial charge on any atom is -0.375 e. The average molecular weight is 304 g/mol. The molecule has 1 aromatic carbocycles. The highest BCUT2D eigenvalue weighted by atomic mass is 32.2. The molecule has 0 bridgehead atoms. The van der Waals surface area contributed by atoms with Crippen LogP contribution in [0.2, 0.25) is 0 Å². The van der Waals surface area contributed by atoms with Crippen LogP contribution < -0.4 is 0 Å². The zero-order valence-electron chi connectivity index (χ0n) is 12.7. The Morgan fingerprint density at radius 3 is 2.71 bits per heavy atom. The van der Waals surface area contributed by atoms with E-state index in [1.54, 1.807) is 0 Å². The first-order valence-electron chi connectivity index (χ1n) is 8.01. The van der Waals surface area contributed by atoms with Gasteiger partial charge in [-0.15, -0.1) is 0 Å². The van der Waals surface area contributed by atoms with Gasteiger partial charge < -0.3 is 4.74 Å². The number of carbonyl (C=O) groups excluding carboxylic acids is 1. The second-order valence-electron chi connectivity index (χ2n) is 6.42. The minimum atomic E-state index is 0.0688. The monoisotopic (exact) mass is 304 g/mol. The van der Waals surface area contributed by atoms with E-state index in [4.69, 9.17) is 4.74 Å². The van der Waals surface area contributed by atoms with Crippen molar-refractivity contribution in [2.45, 2.75) is 38.2 Å². The zero-order valence-corrected chi connectivity index (χ0v) is 13.5. The van der Waals surface area contributed by atoms with E-state index in [9.17, 15) is 4.79 Å². The summed E-state index contributed by atoms with van der Waals surface area (Å²) in [6.45, 7) is 2.93. The zero-order chi connectivity index (χ0) is 14.7. The number of hydrogen-bond acceptors (Lipinski definition) is 3. The van der Waals surface area contributed by atoms with Crippen molar-refractivity contribution >= 4 is 17.5 Å². The fourth-order valence-corrected chi connectivity index (χ4v) is 4.90. The van der Waals surface area contributed by atoms with Gasteiger partial charge in [-0.2, -0.15) is 11.8 Å². The summed E-state index contributed by atoms with van der Waals surface area (Å²) in [5, 5.41) is 0. The molecule has 0 saturated carbocycles. The Morgan fingerprint density at radius 1 is 1.29 bits per heavy atom. The summed E-state index contributed by atoms with van der Waals surface area (Å²) in [7, 11) is 0. The molecule has 2 saturated heterocycles. The second-order valence-corrected chi connectivity index (χ2v) is 7.64. The van der Waals surface area contributed by atoms with Crippen LogP contribution >= 0.6 is 11.8 Å². The first-order valence-corrected chi connectivity index (χ1v) is 9.17. The lowest BCUT2D eigenvalue weighted by Crippen LogP contribution is -2.45. The SMILES string of the molecule is CC(C(=O)c1ccccc1)C1CCOC2(CCSCC2)C1. The Hall–Kier alpha value is -0.800. The van der Waals surface area contributed by atoms with Gasteiger partial charge in [0.1, 0.15) is 0 Å². The number of benzene rings is 1. The van der Waals surface area contributed by atoms with Crippen molar-refractivity contribution in [3.05, 3.63) is 35.9 Å². The van der Waals surface area contributed by atoms with Gasteiger partial charge in [-0.3, -0.25) is 4.79 Å². The molecule has 0 N–H and O–H groups in total. The molecular formula is C18H24O2S. The maximum absolute atomic E-state index is 12.7. The quantitative estimate of drug-likeness (QED) is 0.783. The molecule has 2 unspecified atom stereocenters. The molecular weight excluding hydrogens is 280 g/mol. The fraction of sp³-hybridized carbons (Fsp3) is 0.611. The molecule has 2 aliphatic heterocycles. The number of ketones is 1. The van der Waals surface area contributed by atoms with Crippen molar-refractivity contribution in [2.24, 2.45) is 11.8 Å². The summed E-state index contributed by atoms with van der Waals surface area (Å²) in [4.78, 5) is 12.7. The lowest BCUT2D eigenvalue weighted by molar-refractivity contribution is -0.107. The van der Waals surface area contributed by atoms with Crippen LogP contribution in [0.15, 0.2) is 30.3 Å². The molecule has 0 aliphatic carbocycles. The van der Waals surface area contributed by atoms with Crippen LogP contribution in [0, 0.1) is 11.8 Å². The van der Waals surface area contributed by atoms with Crippen molar-refractivity contribution in [3.8, 4) is 0 Å². The van der Waals surface area contributed by atoms with Crippen molar-refractivity contribution in [2.75, 3.05) is 18.1 Å². The summed E-state index contributed by atoms with van der Waals surface area (Å²) in [6, 6.07) is 9.73. The van der Waals surface area contributed by atoms with Crippen molar-refractivity contribution in [1.82, 2.24) is 0 Å². The van der Waals surface area contributed by atoms with Gasteiger partial charge in [0.15, 0.2) is 5.78 Å². The van der Waals surface area contributed by atoms with Gasteiger partial charge in [0.2, 0.25) is 0 Å². The average Bonchev–Trinajstić information content (AvgIpc) is 2.55. The first kappa shape index (κ1) is 15.1. The van der Waals surface area contributed by atoms with Gasteiger partial charge in [0, 0.05) is 18.1 Å². The number of thioether (sulfide) groups is 1. The number of rotatable bonds is 3. The van der Waals surface area contributed by atoms with Crippen LogP contribution in [0.25, 0.3) is 0 Å². The van der Waals surface area contributed by atoms with Gasteiger partial charge in [-0.1, -0.05) is 37.3 Å². The van der Waals surface area contributed by atoms with Crippen LogP contribution in [0.1, 0.15) is 43.0 Å². The maximum atomic E-state index is 12.7. The van der Waals surface area contributed by atoms with Crippen LogP contribution in [-0.4, -0.2) is 29.5 Å². The predicted molar refractivity (Wildman–Crippen MR) is 87.9 cm³/mol. The van der Waals surface area contributed by atoms with E-state index in [1.807, 2.05) is 42.1 Å². The van der Waals surface area contributed by atoms with E-state index in [0.29, 0.717) is 11.7 Å². The largest absolute Gasteiger partial charge is 0.375 e. The number of Topliss-reactive ketones (excluding diaryl/α,β-unsaturated/α-hetero) is 1. The highest BCUT2D eigenvalue weighted by molar-refractivity contribution is 7.99. The summed E-state index contributed by atoms with van der Waals surface area (Å²) in [6.07, 6.45) is 4.39. The van der Waals surface area contributed by atoms with Gasteiger partial charge in [0.05, 0.1) is 5.60 Å². The highest BCUT2D eigenvalue weighted by Gasteiger charge is 2.41. The lowest BCUT2D eigenvalue weighted by Gasteiger charge is -2.44. The van der Waals surface area contributed by atoms with Gasteiger partial charge >= 0.3 is 0 Å².